The first-order chi connectivity index (χ1) is 8.24. The molecule has 4 nitrogen and oxygen atoms in total. The van der Waals surface area contributed by atoms with E-state index in [1.807, 2.05) is 0 Å². The first-order valence-corrected chi connectivity index (χ1v) is 5.60. The molecule has 1 aromatic rings. The van der Waals surface area contributed by atoms with E-state index in [2.05, 4.69) is 10.6 Å². The van der Waals surface area contributed by atoms with Crippen molar-refractivity contribution in [2.75, 3.05) is 25.1 Å². The fourth-order valence-electron chi connectivity index (χ4n) is 1.70. The highest BCUT2D eigenvalue weighted by atomic mass is 19.1. The number of anilines is 1. The molecule has 1 aliphatic rings. The van der Waals surface area contributed by atoms with Crippen LogP contribution in [0, 0.1) is 5.82 Å². The Morgan fingerprint density at radius 1 is 1.53 bits per heavy atom. The zero-order chi connectivity index (χ0) is 12.1. The Labute approximate surface area is 99.2 Å². The summed E-state index contributed by atoms with van der Waals surface area (Å²) in [4.78, 5) is 11.5. The molecule has 1 fully saturated rings. The Hall–Kier alpha value is -1.46. The third-order valence-corrected chi connectivity index (χ3v) is 2.59. The van der Waals surface area contributed by atoms with Gasteiger partial charge in [-0.3, -0.25) is 4.79 Å². The molecule has 92 valence electrons. The van der Waals surface area contributed by atoms with Crippen LogP contribution in [0.2, 0.25) is 0 Å². The van der Waals surface area contributed by atoms with Gasteiger partial charge < -0.3 is 15.4 Å². The number of carbonyl (C=O) groups is 1. The van der Waals surface area contributed by atoms with E-state index < -0.39 is 0 Å². The first-order valence-electron chi connectivity index (χ1n) is 5.60. The lowest BCUT2D eigenvalue weighted by Crippen LogP contribution is -2.36. The summed E-state index contributed by atoms with van der Waals surface area (Å²) >= 11 is 0. The van der Waals surface area contributed by atoms with Crippen molar-refractivity contribution in [3.8, 4) is 0 Å². The molecule has 0 saturated carbocycles. The van der Waals surface area contributed by atoms with Gasteiger partial charge in [0.05, 0.1) is 13.2 Å². The molecule has 0 spiro atoms. The van der Waals surface area contributed by atoms with Crippen molar-refractivity contribution in [1.82, 2.24) is 5.32 Å². The van der Waals surface area contributed by atoms with Crippen molar-refractivity contribution in [2.45, 2.75) is 12.5 Å². The maximum Gasteiger partial charge on any atom is 0.238 e. The lowest BCUT2D eigenvalue weighted by molar-refractivity contribution is -0.115. The number of nitrogens with one attached hydrogen (secondary N) is 2. The zero-order valence-electron chi connectivity index (χ0n) is 9.41. The molecule has 1 atom stereocenters. The van der Waals surface area contributed by atoms with Crippen molar-refractivity contribution in [3.63, 3.8) is 0 Å². The molecule has 0 aliphatic carbocycles. The minimum atomic E-state index is -0.361. The number of hydrogen-bond donors (Lipinski definition) is 2. The van der Waals surface area contributed by atoms with Crippen molar-refractivity contribution < 1.29 is 13.9 Å². The number of ether oxygens (including phenoxy) is 1. The predicted molar refractivity (Wildman–Crippen MR) is 62.3 cm³/mol. The van der Waals surface area contributed by atoms with Crippen molar-refractivity contribution in [1.29, 1.82) is 0 Å². The summed E-state index contributed by atoms with van der Waals surface area (Å²) in [6, 6.07) is 6.08. The van der Waals surface area contributed by atoms with E-state index in [1.54, 1.807) is 12.1 Å². The number of carbonyl (C=O) groups excluding carboxylic acids is 1. The smallest absolute Gasteiger partial charge is 0.238 e. The molecule has 1 aromatic carbocycles. The molecule has 1 heterocycles. The Morgan fingerprint density at radius 2 is 2.41 bits per heavy atom. The van der Waals surface area contributed by atoms with Gasteiger partial charge in [-0.25, -0.2) is 4.39 Å². The number of amides is 1. The van der Waals surface area contributed by atoms with E-state index in [0.29, 0.717) is 12.3 Å². The summed E-state index contributed by atoms with van der Waals surface area (Å²) < 4.78 is 18.0. The second-order valence-electron chi connectivity index (χ2n) is 4.00. The second-order valence-corrected chi connectivity index (χ2v) is 4.00. The molecule has 2 rings (SSSR count). The molecule has 0 aromatic heterocycles. The van der Waals surface area contributed by atoms with Crippen LogP contribution in [0.5, 0.6) is 0 Å². The third kappa shape index (κ3) is 3.80. The highest BCUT2D eigenvalue weighted by Crippen LogP contribution is 2.08. The van der Waals surface area contributed by atoms with E-state index in [0.717, 1.165) is 13.0 Å². The minimum absolute atomic E-state index is 0.178. The van der Waals surface area contributed by atoms with Crippen LogP contribution in [0.15, 0.2) is 24.3 Å². The van der Waals surface area contributed by atoms with Gasteiger partial charge >= 0.3 is 0 Å². The Balaban J connectivity index is 1.76. The number of hydrogen-bond acceptors (Lipinski definition) is 3. The fraction of sp³-hybridized carbons (Fsp3) is 0.417. The van der Waals surface area contributed by atoms with Gasteiger partial charge in [0.1, 0.15) is 5.82 Å². The lowest BCUT2D eigenvalue weighted by atomic mass is 10.2. The van der Waals surface area contributed by atoms with E-state index >= 15 is 0 Å². The summed E-state index contributed by atoms with van der Waals surface area (Å²) in [5.74, 6) is -0.539. The molecule has 0 radical (unpaired) electrons. The Bertz CT molecular complexity index is 392. The summed E-state index contributed by atoms with van der Waals surface area (Å²) in [5.41, 5.74) is 0.472. The predicted octanol–water partition coefficient (Wildman–Crippen LogP) is 1.14. The number of halogens is 1. The average molecular weight is 238 g/mol. The van der Waals surface area contributed by atoms with Gasteiger partial charge in [0.25, 0.3) is 0 Å². The van der Waals surface area contributed by atoms with Crippen LogP contribution in [0.1, 0.15) is 6.42 Å². The monoisotopic (exact) mass is 238 g/mol. The van der Waals surface area contributed by atoms with Crippen LogP contribution in [0.3, 0.4) is 0 Å². The van der Waals surface area contributed by atoms with E-state index in [1.165, 1.54) is 12.1 Å². The molecule has 1 unspecified atom stereocenters. The summed E-state index contributed by atoms with van der Waals surface area (Å²) in [5, 5.41) is 5.71. The number of rotatable bonds is 4. The van der Waals surface area contributed by atoms with Crippen LogP contribution in [0.4, 0.5) is 10.1 Å². The normalized spacial score (nSPS) is 19.2. The van der Waals surface area contributed by atoms with Crippen molar-refractivity contribution in [2.24, 2.45) is 0 Å². The second kappa shape index (κ2) is 5.75. The van der Waals surface area contributed by atoms with Crippen LogP contribution < -0.4 is 10.6 Å². The van der Waals surface area contributed by atoms with Gasteiger partial charge in [-0.05, 0) is 24.6 Å². The lowest BCUT2D eigenvalue weighted by Gasteiger charge is -2.10. The van der Waals surface area contributed by atoms with Crippen molar-refractivity contribution >= 4 is 11.6 Å². The minimum Gasteiger partial charge on any atom is -0.380 e. The maximum absolute atomic E-state index is 12.9. The highest BCUT2D eigenvalue weighted by Gasteiger charge is 2.15. The summed E-state index contributed by atoms with van der Waals surface area (Å²) in [6.07, 6.45) is 0.924. The molecular formula is C12H15FN2O2. The maximum atomic E-state index is 12.9. The van der Waals surface area contributed by atoms with Crippen LogP contribution >= 0.6 is 0 Å². The van der Waals surface area contributed by atoms with E-state index in [-0.39, 0.29) is 24.3 Å². The first kappa shape index (κ1) is 12.0. The molecule has 1 saturated heterocycles. The molecule has 17 heavy (non-hydrogen) atoms. The average Bonchev–Trinajstić information content (AvgIpc) is 2.79. The third-order valence-electron chi connectivity index (χ3n) is 2.59. The van der Waals surface area contributed by atoms with Crippen molar-refractivity contribution in [3.05, 3.63) is 30.1 Å². The van der Waals surface area contributed by atoms with E-state index in [4.69, 9.17) is 4.74 Å². The Kier molecular flexibility index (Phi) is 4.06. The van der Waals surface area contributed by atoms with E-state index in [9.17, 15) is 9.18 Å². The van der Waals surface area contributed by atoms with Gasteiger partial charge in [-0.2, -0.15) is 0 Å². The summed E-state index contributed by atoms with van der Waals surface area (Å²) in [7, 11) is 0. The van der Waals surface area contributed by atoms with Crippen LogP contribution in [-0.2, 0) is 9.53 Å². The standard InChI is InChI=1S/C12H15FN2O2/c13-9-2-1-3-10(6-9)15-12(16)7-14-11-4-5-17-8-11/h1-3,6,11,14H,4-5,7-8H2,(H,15,16). The number of benzene rings is 1. The molecule has 5 heteroatoms. The SMILES string of the molecule is O=C(CNC1CCOC1)Nc1cccc(F)c1. The summed E-state index contributed by atoms with van der Waals surface area (Å²) in [6.45, 7) is 1.60. The van der Waals surface area contributed by atoms with Gasteiger partial charge in [0.2, 0.25) is 5.91 Å². The molecule has 1 amide bonds. The molecular weight excluding hydrogens is 223 g/mol. The van der Waals surface area contributed by atoms with Crippen LogP contribution in [-0.4, -0.2) is 31.7 Å². The Morgan fingerprint density at radius 3 is 3.12 bits per heavy atom. The van der Waals surface area contributed by atoms with Gasteiger partial charge in [0, 0.05) is 18.3 Å². The highest BCUT2D eigenvalue weighted by molar-refractivity contribution is 5.92. The zero-order valence-corrected chi connectivity index (χ0v) is 9.41. The van der Waals surface area contributed by atoms with Gasteiger partial charge in [0.15, 0.2) is 0 Å². The molecule has 0 bridgehead atoms. The fourth-order valence-corrected chi connectivity index (χ4v) is 1.70. The topological polar surface area (TPSA) is 50.4 Å². The molecule has 2 N–H and O–H groups in total. The largest absolute Gasteiger partial charge is 0.380 e. The quantitative estimate of drug-likeness (QED) is 0.827. The van der Waals surface area contributed by atoms with Crippen LogP contribution in [0.25, 0.3) is 0 Å². The molecule has 1 aliphatic heterocycles. The van der Waals surface area contributed by atoms with Gasteiger partial charge in [-0.1, -0.05) is 6.07 Å². The van der Waals surface area contributed by atoms with Gasteiger partial charge in [-0.15, -0.1) is 0 Å².